The van der Waals surface area contributed by atoms with Gasteiger partial charge < -0.3 is 9.84 Å². The van der Waals surface area contributed by atoms with Crippen LogP contribution in [0.25, 0.3) is 0 Å². The normalized spacial score (nSPS) is 9.77. The summed E-state index contributed by atoms with van der Waals surface area (Å²) < 4.78 is 4.95. The van der Waals surface area contributed by atoms with Crippen LogP contribution in [0.1, 0.15) is 15.9 Å². The average Bonchev–Trinajstić information content (AvgIpc) is 2.12. The zero-order valence-electron chi connectivity index (χ0n) is 7.30. The first-order valence-corrected chi connectivity index (χ1v) is 4.43. The number of rotatable bonds is 1. The van der Waals surface area contributed by atoms with E-state index in [1.54, 1.807) is 13.0 Å². The van der Waals surface area contributed by atoms with E-state index in [-0.39, 0.29) is 5.75 Å². The van der Waals surface area contributed by atoms with Gasteiger partial charge in [0.1, 0.15) is 5.75 Å². The van der Waals surface area contributed by atoms with E-state index in [0.717, 1.165) is 5.56 Å². The lowest BCUT2D eigenvalue weighted by Crippen LogP contribution is -2.04. The van der Waals surface area contributed by atoms with Gasteiger partial charge in [-0.25, -0.2) is 4.79 Å². The fourth-order valence-electron chi connectivity index (χ4n) is 1.01. The van der Waals surface area contributed by atoms with Gasteiger partial charge in [-0.2, -0.15) is 0 Å². The quantitative estimate of drug-likeness (QED) is 0.772. The molecule has 1 aromatic carbocycles. The minimum absolute atomic E-state index is 0.0333. The molecule has 0 fully saturated rings. The van der Waals surface area contributed by atoms with Crippen LogP contribution in [-0.2, 0) is 4.74 Å². The van der Waals surface area contributed by atoms with Crippen LogP contribution >= 0.6 is 15.9 Å². The SMILES string of the molecule is COC(=O)c1c(C)ccc(O)c1Br. The smallest absolute Gasteiger partial charge is 0.339 e. The molecule has 70 valence electrons. The number of benzene rings is 1. The summed E-state index contributed by atoms with van der Waals surface area (Å²) in [5.74, 6) is -0.425. The molecule has 0 atom stereocenters. The number of methoxy groups -OCH3 is 1. The largest absolute Gasteiger partial charge is 0.507 e. The number of carbonyl (C=O) groups is 1. The molecular formula is C9H9BrO3. The second-order valence-electron chi connectivity index (χ2n) is 2.58. The van der Waals surface area contributed by atoms with Crippen LogP contribution in [0.5, 0.6) is 5.75 Å². The number of phenols is 1. The van der Waals surface area contributed by atoms with Crippen molar-refractivity contribution in [3.8, 4) is 5.75 Å². The highest BCUT2D eigenvalue weighted by Gasteiger charge is 2.15. The molecule has 3 nitrogen and oxygen atoms in total. The molecule has 13 heavy (non-hydrogen) atoms. The van der Waals surface area contributed by atoms with E-state index in [9.17, 15) is 9.90 Å². The standard InChI is InChI=1S/C9H9BrO3/c1-5-3-4-6(11)8(10)7(5)9(12)13-2/h3-4,11H,1-2H3. The third kappa shape index (κ3) is 1.83. The molecule has 4 heteroatoms. The van der Waals surface area contributed by atoms with Crippen LogP contribution in [0.2, 0.25) is 0 Å². The van der Waals surface area contributed by atoms with Crippen LogP contribution in [0.3, 0.4) is 0 Å². The van der Waals surface area contributed by atoms with Crippen molar-refractivity contribution < 1.29 is 14.6 Å². The Labute approximate surface area is 84.5 Å². The molecule has 1 aromatic rings. The maximum Gasteiger partial charge on any atom is 0.339 e. The second-order valence-corrected chi connectivity index (χ2v) is 3.38. The number of halogens is 1. The molecule has 1 rings (SSSR count). The summed E-state index contributed by atoms with van der Waals surface area (Å²) >= 11 is 3.12. The monoisotopic (exact) mass is 244 g/mol. The van der Waals surface area contributed by atoms with Gasteiger partial charge in [-0.3, -0.25) is 0 Å². The summed E-state index contributed by atoms with van der Waals surface area (Å²) in [6.45, 7) is 1.77. The van der Waals surface area contributed by atoms with Gasteiger partial charge in [-0.05, 0) is 34.5 Å². The number of ether oxygens (including phenoxy) is 1. The number of esters is 1. The summed E-state index contributed by atoms with van der Waals surface area (Å²) in [4.78, 5) is 11.2. The van der Waals surface area contributed by atoms with Crippen molar-refractivity contribution in [1.29, 1.82) is 0 Å². The minimum atomic E-state index is -0.458. The first-order chi connectivity index (χ1) is 6.07. The molecule has 0 saturated heterocycles. The van der Waals surface area contributed by atoms with E-state index in [0.29, 0.717) is 10.0 Å². The molecule has 0 aromatic heterocycles. The van der Waals surface area contributed by atoms with Crippen molar-refractivity contribution in [1.82, 2.24) is 0 Å². The Bertz CT molecular complexity index is 347. The molecule has 0 radical (unpaired) electrons. The first-order valence-electron chi connectivity index (χ1n) is 3.64. The summed E-state index contributed by atoms with van der Waals surface area (Å²) in [5, 5.41) is 9.31. The Morgan fingerprint density at radius 1 is 1.54 bits per heavy atom. The highest BCUT2D eigenvalue weighted by atomic mass is 79.9. The summed E-state index contributed by atoms with van der Waals surface area (Å²) in [6.07, 6.45) is 0. The number of phenolic OH excluding ortho intramolecular Hbond substituents is 1. The minimum Gasteiger partial charge on any atom is -0.507 e. The first kappa shape index (κ1) is 10.1. The van der Waals surface area contributed by atoms with Gasteiger partial charge in [0.2, 0.25) is 0 Å². The van der Waals surface area contributed by atoms with E-state index in [1.807, 2.05) is 0 Å². The van der Waals surface area contributed by atoms with Gasteiger partial charge in [-0.1, -0.05) is 6.07 Å². The lowest BCUT2D eigenvalue weighted by Gasteiger charge is -2.07. The Morgan fingerprint density at radius 3 is 2.69 bits per heavy atom. The third-order valence-corrected chi connectivity index (χ3v) is 2.52. The van der Waals surface area contributed by atoms with E-state index in [4.69, 9.17) is 0 Å². The van der Waals surface area contributed by atoms with Crippen LogP contribution < -0.4 is 0 Å². The van der Waals surface area contributed by atoms with Crippen molar-refractivity contribution in [3.63, 3.8) is 0 Å². The van der Waals surface area contributed by atoms with Crippen molar-refractivity contribution in [2.45, 2.75) is 6.92 Å². The molecule has 0 spiro atoms. The lowest BCUT2D eigenvalue weighted by molar-refractivity contribution is 0.0598. The Morgan fingerprint density at radius 2 is 2.15 bits per heavy atom. The van der Waals surface area contributed by atoms with Gasteiger partial charge in [0, 0.05) is 0 Å². The number of aromatic hydroxyl groups is 1. The highest BCUT2D eigenvalue weighted by Crippen LogP contribution is 2.30. The van der Waals surface area contributed by atoms with Crippen LogP contribution in [-0.4, -0.2) is 18.2 Å². The predicted octanol–water partition coefficient (Wildman–Crippen LogP) is 2.25. The summed E-state index contributed by atoms with van der Waals surface area (Å²) in [7, 11) is 1.30. The topological polar surface area (TPSA) is 46.5 Å². The Kier molecular flexibility index (Phi) is 2.93. The second kappa shape index (κ2) is 3.79. The Hall–Kier alpha value is -1.03. The van der Waals surface area contributed by atoms with Gasteiger partial charge >= 0.3 is 5.97 Å². The zero-order valence-corrected chi connectivity index (χ0v) is 8.88. The Balaban J connectivity index is 3.33. The molecule has 0 aliphatic heterocycles. The van der Waals surface area contributed by atoms with Gasteiger partial charge in [-0.15, -0.1) is 0 Å². The van der Waals surface area contributed by atoms with Crippen molar-refractivity contribution >= 4 is 21.9 Å². The third-order valence-electron chi connectivity index (χ3n) is 1.72. The molecule has 0 heterocycles. The van der Waals surface area contributed by atoms with Crippen molar-refractivity contribution in [3.05, 3.63) is 27.7 Å². The molecule has 0 unspecified atom stereocenters. The van der Waals surface area contributed by atoms with Crippen LogP contribution in [0.4, 0.5) is 0 Å². The van der Waals surface area contributed by atoms with E-state index >= 15 is 0 Å². The van der Waals surface area contributed by atoms with Gasteiger partial charge in [0.15, 0.2) is 0 Å². The number of carbonyl (C=O) groups excluding carboxylic acids is 1. The van der Waals surface area contributed by atoms with Crippen LogP contribution in [0, 0.1) is 6.92 Å². The zero-order chi connectivity index (χ0) is 10.0. The van der Waals surface area contributed by atoms with E-state index in [1.165, 1.54) is 13.2 Å². The van der Waals surface area contributed by atoms with Gasteiger partial charge in [0.25, 0.3) is 0 Å². The number of aryl methyl sites for hydroxylation is 1. The fraction of sp³-hybridized carbons (Fsp3) is 0.222. The highest BCUT2D eigenvalue weighted by molar-refractivity contribution is 9.10. The summed E-state index contributed by atoms with van der Waals surface area (Å²) in [6, 6.07) is 3.18. The molecule has 0 saturated carbocycles. The summed E-state index contributed by atoms with van der Waals surface area (Å²) in [5.41, 5.74) is 1.12. The van der Waals surface area contributed by atoms with Gasteiger partial charge in [0.05, 0.1) is 17.1 Å². The molecule has 0 bridgehead atoms. The molecule has 0 aliphatic rings. The maximum atomic E-state index is 11.2. The van der Waals surface area contributed by atoms with Crippen molar-refractivity contribution in [2.24, 2.45) is 0 Å². The average molecular weight is 245 g/mol. The molecule has 1 N–H and O–H groups in total. The van der Waals surface area contributed by atoms with E-state index < -0.39 is 5.97 Å². The molecular weight excluding hydrogens is 236 g/mol. The van der Waals surface area contributed by atoms with Crippen molar-refractivity contribution in [2.75, 3.05) is 7.11 Å². The number of hydrogen-bond donors (Lipinski definition) is 1. The maximum absolute atomic E-state index is 11.2. The molecule has 0 amide bonds. The predicted molar refractivity (Wildman–Crippen MR) is 51.9 cm³/mol. The van der Waals surface area contributed by atoms with E-state index in [2.05, 4.69) is 20.7 Å². The lowest BCUT2D eigenvalue weighted by atomic mass is 10.1. The number of hydrogen-bond acceptors (Lipinski definition) is 3. The van der Waals surface area contributed by atoms with Crippen LogP contribution in [0.15, 0.2) is 16.6 Å². The fourth-order valence-corrected chi connectivity index (χ4v) is 1.62. The molecule has 0 aliphatic carbocycles.